The number of nitrogens with one attached hydrogen (secondary N) is 2. The van der Waals surface area contributed by atoms with Crippen molar-refractivity contribution in [2.24, 2.45) is 4.99 Å². The molecule has 0 spiro atoms. The number of anilines is 2. The maximum Gasteiger partial charge on any atom is 0.255 e. The summed E-state index contributed by atoms with van der Waals surface area (Å²) in [4.78, 5) is 17.0. The van der Waals surface area contributed by atoms with Gasteiger partial charge in [-0.1, -0.05) is 30.0 Å². The zero-order valence-corrected chi connectivity index (χ0v) is 16.3. The summed E-state index contributed by atoms with van der Waals surface area (Å²) in [6.07, 6.45) is 0. The van der Waals surface area contributed by atoms with Gasteiger partial charge in [-0.25, -0.2) is 8.42 Å². The molecule has 6 nitrogen and oxygen atoms in total. The highest BCUT2D eigenvalue weighted by molar-refractivity contribution is 8.15. The van der Waals surface area contributed by atoms with Crippen LogP contribution in [-0.4, -0.2) is 42.3 Å². The van der Waals surface area contributed by atoms with Crippen molar-refractivity contribution in [3.8, 4) is 0 Å². The van der Waals surface area contributed by atoms with Crippen LogP contribution in [0.15, 0.2) is 53.5 Å². The second-order valence-corrected chi connectivity index (χ2v) is 10.1. The summed E-state index contributed by atoms with van der Waals surface area (Å²) < 4.78 is 23.3. The largest absolute Gasteiger partial charge is 0.335 e. The van der Waals surface area contributed by atoms with Gasteiger partial charge in [0.2, 0.25) is 0 Å². The molecule has 140 valence electrons. The molecule has 0 saturated carbocycles. The Kier molecular flexibility index (Phi) is 4.69. The van der Waals surface area contributed by atoms with Crippen LogP contribution in [0.2, 0.25) is 0 Å². The van der Waals surface area contributed by atoms with Crippen LogP contribution in [-0.2, 0) is 9.84 Å². The van der Waals surface area contributed by atoms with Gasteiger partial charge in [0, 0.05) is 22.2 Å². The Morgan fingerprint density at radius 3 is 2.67 bits per heavy atom. The lowest BCUT2D eigenvalue weighted by atomic mass is 10.1. The lowest BCUT2D eigenvalue weighted by Crippen LogP contribution is -2.14. The maximum atomic E-state index is 12.5. The number of benzene rings is 2. The number of thioether (sulfide) groups is 1. The predicted molar refractivity (Wildman–Crippen MR) is 110 cm³/mol. The average molecular weight is 402 g/mol. The van der Waals surface area contributed by atoms with Crippen LogP contribution < -0.4 is 10.6 Å². The monoisotopic (exact) mass is 401 g/mol. The molecule has 2 N–H and O–H groups in total. The molecule has 2 aliphatic rings. The molecular formula is C19H19N3O3S2. The molecule has 2 aromatic carbocycles. The summed E-state index contributed by atoms with van der Waals surface area (Å²) in [7, 11) is -2.96. The molecule has 2 heterocycles. The standard InChI is InChI=1S/C19H19N3O3S2/c1-12-4-2-6-14(8-12)20-18(23)13-5-3-7-15(9-13)21-19-22-16-10-27(24,25)11-17(16)26-19/h2-9,16-17H,10-11H2,1H3,(H,20,23)(H,21,22)/t16-,17+/m1/s1. The number of rotatable bonds is 3. The highest BCUT2D eigenvalue weighted by Gasteiger charge is 2.42. The van der Waals surface area contributed by atoms with Gasteiger partial charge in [-0.05, 0) is 42.8 Å². The molecule has 4 rings (SSSR count). The number of carbonyl (C=O) groups excluding carboxylic acids is 1. The number of amidine groups is 1. The SMILES string of the molecule is Cc1cccc(NC(=O)c2cccc(NC3=N[C@@H]4CS(=O)(=O)C[C@@H]4S3)c2)c1. The van der Waals surface area contributed by atoms with E-state index in [1.54, 1.807) is 18.2 Å². The van der Waals surface area contributed by atoms with Crippen LogP contribution in [0.4, 0.5) is 11.4 Å². The average Bonchev–Trinajstić information content (AvgIpc) is 3.07. The Bertz CT molecular complexity index is 1030. The molecule has 0 radical (unpaired) electrons. The first-order valence-electron chi connectivity index (χ1n) is 8.58. The van der Waals surface area contributed by atoms with Gasteiger partial charge in [-0.3, -0.25) is 9.79 Å². The van der Waals surface area contributed by atoms with E-state index in [1.165, 1.54) is 11.8 Å². The lowest BCUT2D eigenvalue weighted by Gasteiger charge is -2.10. The Balaban J connectivity index is 1.45. The van der Waals surface area contributed by atoms with Gasteiger partial charge in [-0.2, -0.15) is 0 Å². The Hall–Kier alpha value is -2.32. The van der Waals surface area contributed by atoms with Crippen LogP contribution in [0.25, 0.3) is 0 Å². The summed E-state index contributed by atoms with van der Waals surface area (Å²) in [6.45, 7) is 1.97. The molecule has 0 bridgehead atoms. The van der Waals surface area contributed by atoms with Crippen molar-refractivity contribution in [2.45, 2.75) is 18.2 Å². The first kappa shape index (κ1) is 18.1. The Labute approximate surface area is 162 Å². The maximum absolute atomic E-state index is 12.5. The molecule has 0 aromatic heterocycles. The van der Waals surface area contributed by atoms with Crippen LogP contribution in [0, 0.1) is 6.92 Å². The third-order valence-electron chi connectivity index (χ3n) is 4.47. The van der Waals surface area contributed by atoms with E-state index in [0.29, 0.717) is 10.7 Å². The second-order valence-electron chi connectivity index (χ2n) is 6.76. The van der Waals surface area contributed by atoms with Crippen molar-refractivity contribution in [1.82, 2.24) is 0 Å². The van der Waals surface area contributed by atoms with E-state index in [1.807, 2.05) is 37.3 Å². The van der Waals surface area contributed by atoms with Crippen molar-refractivity contribution >= 4 is 44.0 Å². The fraction of sp³-hybridized carbons (Fsp3) is 0.263. The number of fused-ring (bicyclic) bond motifs is 1. The third-order valence-corrected chi connectivity index (χ3v) is 7.61. The smallest absolute Gasteiger partial charge is 0.255 e. The van der Waals surface area contributed by atoms with Gasteiger partial charge in [0.1, 0.15) is 0 Å². The lowest BCUT2D eigenvalue weighted by molar-refractivity contribution is 0.102. The number of aryl methyl sites for hydroxylation is 1. The first-order chi connectivity index (χ1) is 12.9. The number of hydrogen-bond acceptors (Lipinski definition) is 6. The minimum absolute atomic E-state index is 0.00898. The van der Waals surface area contributed by atoms with E-state index < -0.39 is 9.84 Å². The predicted octanol–water partition coefficient (Wildman–Crippen LogP) is 2.93. The van der Waals surface area contributed by atoms with Gasteiger partial charge in [0.15, 0.2) is 15.0 Å². The number of nitrogens with zero attached hydrogens (tertiary/aromatic N) is 1. The highest BCUT2D eigenvalue weighted by atomic mass is 32.2. The molecular weight excluding hydrogens is 382 g/mol. The molecule has 27 heavy (non-hydrogen) atoms. The first-order valence-corrected chi connectivity index (χ1v) is 11.3. The molecule has 2 atom stereocenters. The number of carbonyl (C=O) groups is 1. The van der Waals surface area contributed by atoms with Crippen LogP contribution in [0.1, 0.15) is 15.9 Å². The zero-order valence-electron chi connectivity index (χ0n) is 14.7. The molecule has 2 aromatic rings. The van der Waals surface area contributed by atoms with Crippen LogP contribution in [0.5, 0.6) is 0 Å². The fourth-order valence-corrected chi connectivity index (χ4v) is 6.88. The number of amides is 1. The summed E-state index contributed by atoms with van der Waals surface area (Å²) in [5.74, 6) is 0.110. The second kappa shape index (κ2) is 7.01. The van der Waals surface area contributed by atoms with Crippen molar-refractivity contribution in [2.75, 3.05) is 22.1 Å². The molecule has 0 unspecified atom stereocenters. The summed E-state index contributed by atoms with van der Waals surface area (Å²) >= 11 is 1.46. The number of aliphatic imine (C=N–C) groups is 1. The Morgan fingerprint density at radius 1 is 1.11 bits per heavy atom. The summed E-state index contributed by atoms with van der Waals surface area (Å²) in [6, 6.07) is 14.6. The van der Waals surface area contributed by atoms with E-state index in [-0.39, 0.29) is 28.7 Å². The van der Waals surface area contributed by atoms with E-state index in [9.17, 15) is 13.2 Å². The van der Waals surface area contributed by atoms with Gasteiger partial charge >= 0.3 is 0 Å². The van der Waals surface area contributed by atoms with Crippen molar-refractivity contribution in [1.29, 1.82) is 0 Å². The zero-order chi connectivity index (χ0) is 19.0. The minimum atomic E-state index is -2.96. The van der Waals surface area contributed by atoms with Crippen molar-refractivity contribution < 1.29 is 13.2 Å². The van der Waals surface area contributed by atoms with Crippen molar-refractivity contribution in [3.63, 3.8) is 0 Å². The quantitative estimate of drug-likeness (QED) is 0.826. The van der Waals surface area contributed by atoms with Gasteiger partial charge in [0.05, 0.1) is 17.5 Å². The fourth-order valence-electron chi connectivity index (χ4n) is 3.20. The molecule has 1 saturated heterocycles. The molecule has 1 fully saturated rings. The Morgan fingerprint density at radius 2 is 1.89 bits per heavy atom. The molecule has 1 amide bonds. The summed E-state index contributed by atoms with van der Waals surface area (Å²) in [5.41, 5.74) is 3.11. The van der Waals surface area contributed by atoms with Gasteiger partial charge < -0.3 is 10.6 Å². The van der Waals surface area contributed by atoms with E-state index in [4.69, 9.17) is 0 Å². The number of sulfone groups is 1. The topological polar surface area (TPSA) is 87.6 Å². The van der Waals surface area contributed by atoms with E-state index in [0.717, 1.165) is 16.9 Å². The molecule has 8 heteroatoms. The van der Waals surface area contributed by atoms with Crippen molar-refractivity contribution in [3.05, 3.63) is 59.7 Å². The highest BCUT2D eigenvalue weighted by Crippen LogP contribution is 2.34. The molecule has 2 aliphatic heterocycles. The number of hydrogen-bond donors (Lipinski definition) is 2. The van der Waals surface area contributed by atoms with E-state index >= 15 is 0 Å². The van der Waals surface area contributed by atoms with E-state index in [2.05, 4.69) is 15.6 Å². The normalized spacial score (nSPS) is 22.8. The minimum Gasteiger partial charge on any atom is -0.335 e. The van der Waals surface area contributed by atoms with Crippen LogP contribution >= 0.6 is 11.8 Å². The van der Waals surface area contributed by atoms with Crippen LogP contribution in [0.3, 0.4) is 0 Å². The molecule has 0 aliphatic carbocycles. The van der Waals surface area contributed by atoms with Gasteiger partial charge in [0.25, 0.3) is 5.91 Å². The third kappa shape index (κ3) is 4.17. The van der Waals surface area contributed by atoms with Gasteiger partial charge in [-0.15, -0.1) is 0 Å². The summed E-state index contributed by atoms with van der Waals surface area (Å²) in [5, 5.41) is 6.79.